The van der Waals surface area contributed by atoms with Gasteiger partial charge in [0.1, 0.15) is 6.54 Å². The molecule has 2 atom stereocenters. The van der Waals surface area contributed by atoms with E-state index >= 15 is 0 Å². The molecule has 0 aromatic heterocycles. The summed E-state index contributed by atoms with van der Waals surface area (Å²) in [7, 11) is 1.23. The van der Waals surface area contributed by atoms with Crippen molar-refractivity contribution in [2.75, 3.05) is 25.5 Å². The molecule has 8 nitrogen and oxygen atoms in total. The number of rotatable bonds is 8. The van der Waals surface area contributed by atoms with Crippen LogP contribution in [0.3, 0.4) is 0 Å². The molecular formula is C18H23N3O5. The first-order valence-electron chi connectivity index (χ1n) is 8.43. The summed E-state index contributed by atoms with van der Waals surface area (Å²) in [6.45, 7) is 2.06. The number of carbonyl (C=O) groups excluding carboxylic acids is 4. The van der Waals surface area contributed by atoms with Crippen LogP contribution in [-0.2, 0) is 19.1 Å². The molecule has 26 heavy (non-hydrogen) atoms. The van der Waals surface area contributed by atoms with E-state index in [1.54, 1.807) is 18.2 Å². The van der Waals surface area contributed by atoms with E-state index in [4.69, 9.17) is 0 Å². The largest absolute Gasteiger partial charge is 0.468 e. The van der Waals surface area contributed by atoms with Crippen molar-refractivity contribution in [3.05, 3.63) is 29.8 Å². The summed E-state index contributed by atoms with van der Waals surface area (Å²) in [4.78, 5) is 46.7. The number of methoxy groups -OCH3 is 1. The van der Waals surface area contributed by atoms with E-state index in [0.29, 0.717) is 17.2 Å². The highest BCUT2D eigenvalue weighted by Gasteiger charge is 2.38. The second-order valence-corrected chi connectivity index (χ2v) is 6.25. The zero-order chi connectivity index (χ0) is 19.1. The number of carbonyl (C=O) groups is 4. The molecule has 1 aliphatic rings. The predicted molar refractivity (Wildman–Crippen MR) is 94.3 cm³/mol. The summed E-state index contributed by atoms with van der Waals surface area (Å²) in [5, 5.41) is 7.85. The van der Waals surface area contributed by atoms with Crippen molar-refractivity contribution in [3.8, 4) is 0 Å². The van der Waals surface area contributed by atoms with Crippen LogP contribution in [0, 0.1) is 11.8 Å². The van der Waals surface area contributed by atoms with Gasteiger partial charge in [0.25, 0.3) is 5.91 Å². The number of hydrogen-bond donors (Lipinski definition) is 3. The quantitative estimate of drug-likeness (QED) is 0.590. The van der Waals surface area contributed by atoms with Crippen LogP contribution in [0.5, 0.6) is 0 Å². The maximum atomic E-state index is 12.0. The smallest absolute Gasteiger partial charge is 0.325 e. The number of amides is 3. The predicted octanol–water partition coefficient (Wildman–Crippen LogP) is 0.690. The Morgan fingerprint density at radius 1 is 1.19 bits per heavy atom. The third-order valence-electron chi connectivity index (χ3n) is 4.13. The number of nitrogens with one attached hydrogen (secondary N) is 3. The minimum absolute atomic E-state index is 0.00502. The Kier molecular flexibility index (Phi) is 6.71. The van der Waals surface area contributed by atoms with Gasteiger partial charge in [-0.1, -0.05) is 13.0 Å². The summed E-state index contributed by atoms with van der Waals surface area (Å²) in [5.41, 5.74) is 0.769. The SMILES string of the molecule is COC(=O)CNC(=O)c1cccc(NC(=O)CCNC(=O)[C@@H]2C[C@@H]2C)c1. The molecular weight excluding hydrogens is 338 g/mol. The van der Waals surface area contributed by atoms with Crippen molar-refractivity contribution in [1.82, 2.24) is 10.6 Å². The lowest BCUT2D eigenvalue weighted by Crippen LogP contribution is -2.30. The first-order chi connectivity index (χ1) is 12.4. The first-order valence-corrected chi connectivity index (χ1v) is 8.43. The number of esters is 1. The summed E-state index contributed by atoms with van der Waals surface area (Å²) in [6, 6.07) is 6.35. The minimum atomic E-state index is -0.551. The fraction of sp³-hybridized carbons (Fsp3) is 0.444. The molecule has 1 fully saturated rings. The van der Waals surface area contributed by atoms with E-state index in [-0.39, 0.29) is 37.2 Å². The Morgan fingerprint density at radius 2 is 1.92 bits per heavy atom. The number of hydrogen-bond acceptors (Lipinski definition) is 5. The van der Waals surface area contributed by atoms with E-state index in [1.165, 1.54) is 13.2 Å². The van der Waals surface area contributed by atoms with E-state index < -0.39 is 11.9 Å². The second-order valence-electron chi connectivity index (χ2n) is 6.25. The minimum Gasteiger partial charge on any atom is -0.468 e. The van der Waals surface area contributed by atoms with Crippen molar-refractivity contribution in [2.45, 2.75) is 19.8 Å². The average Bonchev–Trinajstić information content (AvgIpc) is 3.36. The summed E-state index contributed by atoms with van der Waals surface area (Å²) < 4.78 is 4.45. The molecule has 0 bridgehead atoms. The molecule has 3 amide bonds. The first kappa shape index (κ1) is 19.4. The van der Waals surface area contributed by atoms with Crippen LogP contribution in [0.1, 0.15) is 30.1 Å². The molecule has 140 valence electrons. The van der Waals surface area contributed by atoms with E-state index in [9.17, 15) is 19.2 Å². The molecule has 1 aromatic carbocycles. The van der Waals surface area contributed by atoms with Crippen LogP contribution in [0.2, 0.25) is 0 Å². The molecule has 0 heterocycles. The molecule has 1 saturated carbocycles. The van der Waals surface area contributed by atoms with Gasteiger partial charge >= 0.3 is 5.97 Å². The van der Waals surface area contributed by atoms with Crippen LogP contribution < -0.4 is 16.0 Å². The second kappa shape index (κ2) is 8.98. The third-order valence-corrected chi connectivity index (χ3v) is 4.13. The highest BCUT2D eigenvalue weighted by Crippen LogP contribution is 2.37. The molecule has 0 radical (unpaired) electrons. The van der Waals surface area contributed by atoms with Crippen molar-refractivity contribution in [3.63, 3.8) is 0 Å². The van der Waals surface area contributed by atoms with Gasteiger partial charge in [0.2, 0.25) is 11.8 Å². The Bertz CT molecular complexity index is 704. The summed E-state index contributed by atoms with van der Waals surface area (Å²) in [5.74, 6) is -0.756. The van der Waals surface area contributed by atoms with E-state index in [1.807, 2.05) is 6.92 Å². The van der Waals surface area contributed by atoms with Crippen molar-refractivity contribution in [1.29, 1.82) is 0 Å². The topological polar surface area (TPSA) is 114 Å². The van der Waals surface area contributed by atoms with Crippen LogP contribution in [0.4, 0.5) is 5.69 Å². The number of anilines is 1. The summed E-state index contributed by atoms with van der Waals surface area (Å²) in [6.07, 6.45) is 1.05. The van der Waals surface area contributed by atoms with E-state index in [0.717, 1.165) is 6.42 Å². The molecule has 0 aliphatic heterocycles. The van der Waals surface area contributed by atoms with Gasteiger partial charge in [0.15, 0.2) is 0 Å². The molecule has 0 saturated heterocycles. The Morgan fingerprint density at radius 3 is 2.58 bits per heavy atom. The van der Waals surface area contributed by atoms with Gasteiger partial charge in [-0.25, -0.2) is 0 Å². The number of ether oxygens (including phenoxy) is 1. The maximum Gasteiger partial charge on any atom is 0.325 e. The fourth-order valence-corrected chi connectivity index (χ4v) is 2.41. The third kappa shape index (κ3) is 5.87. The molecule has 1 aliphatic carbocycles. The lowest BCUT2D eigenvalue weighted by Gasteiger charge is -2.08. The average molecular weight is 361 g/mol. The van der Waals surface area contributed by atoms with Crippen LogP contribution in [-0.4, -0.2) is 43.9 Å². The lowest BCUT2D eigenvalue weighted by molar-refractivity contribution is -0.139. The highest BCUT2D eigenvalue weighted by atomic mass is 16.5. The Hall–Kier alpha value is -2.90. The van der Waals surface area contributed by atoms with E-state index in [2.05, 4.69) is 20.7 Å². The van der Waals surface area contributed by atoms with Gasteiger partial charge < -0.3 is 20.7 Å². The molecule has 2 rings (SSSR count). The fourth-order valence-electron chi connectivity index (χ4n) is 2.41. The molecule has 8 heteroatoms. The Labute approximate surface area is 151 Å². The van der Waals surface area contributed by atoms with Gasteiger partial charge in [-0.2, -0.15) is 0 Å². The van der Waals surface area contributed by atoms with Gasteiger partial charge in [-0.15, -0.1) is 0 Å². The molecule has 3 N–H and O–H groups in total. The molecule has 0 spiro atoms. The van der Waals surface area contributed by atoms with Crippen LogP contribution in [0.25, 0.3) is 0 Å². The zero-order valence-electron chi connectivity index (χ0n) is 14.8. The standard InChI is InChI=1S/C18H23N3O5/c1-11-8-14(11)18(25)19-7-6-15(22)21-13-5-3-4-12(9-13)17(24)20-10-16(23)26-2/h3-5,9,11,14H,6-8,10H2,1-2H3,(H,19,25)(H,20,24)(H,21,22)/t11-,14+/m0/s1. The van der Waals surface area contributed by atoms with Crippen LogP contribution >= 0.6 is 0 Å². The van der Waals surface area contributed by atoms with Gasteiger partial charge in [-0.05, 0) is 30.5 Å². The van der Waals surface area contributed by atoms with Gasteiger partial charge in [0.05, 0.1) is 7.11 Å². The van der Waals surface area contributed by atoms with Gasteiger partial charge in [-0.3, -0.25) is 19.2 Å². The molecule has 1 aromatic rings. The number of benzene rings is 1. The lowest BCUT2D eigenvalue weighted by atomic mass is 10.2. The highest BCUT2D eigenvalue weighted by molar-refractivity contribution is 5.98. The Balaban J connectivity index is 1.77. The van der Waals surface area contributed by atoms with Gasteiger partial charge in [0, 0.05) is 30.1 Å². The van der Waals surface area contributed by atoms with Crippen molar-refractivity contribution in [2.24, 2.45) is 11.8 Å². The van der Waals surface area contributed by atoms with Crippen molar-refractivity contribution >= 4 is 29.4 Å². The zero-order valence-corrected chi connectivity index (χ0v) is 14.8. The monoisotopic (exact) mass is 361 g/mol. The maximum absolute atomic E-state index is 12.0. The normalized spacial score (nSPS) is 17.8. The molecule has 0 unspecified atom stereocenters. The summed E-state index contributed by atoms with van der Waals surface area (Å²) >= 11 is 0. The van der Waals surface area contributed by atoms with Crippen molar-refractivity contribution < 1.29 is 23.9 Å². The van der Waals surface area contributed by atoms with Crippen LogP contribution in [0.15, 0.2) is 24.3 Å².